The molecule has 1 aromatic carbocycles. The van der Waals surface area contributed by atoms with Crippen LogP contribution in [-0.4, -0.2) is 25.0 Å². The van der Waals surface area contributed by atoms with Crippen LogP contribution in [0.25, 0.3) is 6.08 Å². The minimum Gasteiger partial charge on any atom is -0.497 e. The number of benzene rings is 1. The predicted molar refractivity (Wildman–Crippen MR) is 83.2 cm³/mol. The Hall–Kier alpha value is -1.75. The number of amides is 1. The number of methoxy groups -OCH3 is 1. The van der Waals surface area contributed by atoms with E-state index in [9.17, 15) is 4.79 Å². The molecule has 1 N–H and O–H groups in total. The van der Waals surface area contributed by atoms with Gasteiger partial charge < -0.3 is 4.74 Å². The van der Waals surface area contributed by atoms with Crippen molar-refractivity contribution in [2.24, 2.45) is 11.0 Å². The monoisotopic (exact) mass is 290 g/mol. The first kappa shape index (κ1) is 14.7. The van der Waals surface area contributed by atoms with E-state index in [-0.39, 0.29) is 11.8 Å². The van der Waals surface area contributed by atoms with Gasteiger partial charge in [-0.05, 0) is 36.1 Å². The summed E-state index contributed by atoms with van der Waals surface area (Å²) in [7, 11) is 1.66. The van der Waals surface area contributed by atoms with Gasteiger partial charge in [0, 0.05) is 17.2 Å². The number of carbonyl (C=O) groups excluding carboxylic acids is 1. The number of ether oxygens (including phenoxy) is 1. The van der Waals surface area contributed by atoms with Crippen LogP contribution in [0.1, 0.15) is 18.9 Å². The Kier molecular flexibility index (Phi) is 4.84. The molecule has 1 amide bonds. The van der Waals surface area contributed by atoms with E-state index in [0.29, 0.717) is 6.42 Å². The van der Waals surface area contributed by atoms with E-state index in [2.05, 4.69) is 10.5 Å². The summed E-state index contributed by atoms with van der Waals surface area (Å²) < 4.78 is 5.25. The molecule has 106 valence electrons. The largest absolute Gasteiger partial charge is 0.497 e. The van der Waals surface area contributed by atoms with Gasteiger partial charge in [-0.2, -0.15) is 5.10 Å². The van der Waals surface area contributed by atoms with Crippen molar-refractivity contribution in [2.75, 3.05) is 13.4 Å². The third-order valence-electron chi connectivity index (χ3n) is 3.18. The lowest BCUT2D eigenvalue weighted by Gasteiger charge is -2.16. The van der Waals surface area contributed by atoms with E-state index in [1.54, 1.807) is 18.9 Å². The average Bonchev–Trinajstić information content (AvgIpc) is 2.46. The second kappa shape index (κ2) is 6.61. The van der Waals surface area contributed by atoms with E-state index in [4.69, 9.17) is 4.74 Å². The van der Waals surface area contributed by atoms with Crippen molar-refractivity contribution in [1.29, 1.82) is 0 Å². The molecule has 5 heteroatoms. The van der Waals surface area contributed by atoms with E-state index in [0.717, 1.165) is 17.0 Å². The third kappa shape index (κ3) is 3.42. The van der Waals surface area contributed by atoms with Crippen molar-refractivity contribution < 1.29 is 9.53 Å². The van der Waals surface area contributed by atoms with Gasteiger partial charge in [0.25, 0.3) is 0 Å². The molecular weight excluding hydrogens is 272 g/mol. The smallest absolute Gasteiger partial charge is 0.240 e. The minimum atomic E-state index is -0.0270. The van der Waals surface area contributed by atoms with Crippen molar-refractivity contribution in [3.63, 3.8) is 0 Å². The number of nitrogens with one attached hydrogen (secondary N) is 1. The van der Waals surface area contributed by atoms with Crippen molar-refractivity contribution in [1.82, 2.24) is 5.43 Å². The summed E-state index contributed by atoms with van der Waals surface area (Å²) >= 11 is 1.69. The van der Waals surface area contributed by atoms with E-state index in [1.165, 1.54) is 4.90 Å². The first-order chi connectivity index (χ1) is 9.63. The van der Waals surface area contributed by atoms with Gasteiger partial charge in [0.05, 0.1) is 12.8 Å². The third-order valence-corrected chi connectivity index (χ3v) is 3.99. The highest BCUT2D eigenvalue weighted by Gasteiger charge is 2.17. The van der Waals surface area contributed by atoms with Gasteiger partial charge in [0.15, 0.2) is 0 Å². The molecule has 0 aliphatic carbocycles. The Bertz CT molecular complexity index is 567. The Balaban J connectivity index is 2.24. The molecule has 1 unspecified atom stereocenters. The van der Waals surface area contributed by atoms with Gasteiger partial charge in [-0.1, -0.05) is 13.0 Å². The quantitative estimate of drug-likeness (QED) is 0.867. The van der Waals surface area contributed by atoms with Crippen molar-refractivity contribution in [2.45, 2.75) is 18.2 Å². The fourth-order valence-corrected chi connectivity index (χ4v) is 2.58. The number of nitrogens with zero attached hydrogens (tertiary/aromatic N) is 1. The Morgan fingerprint density at radius 1 is 1.45 bits per heavy atom. The molecule has 4 nitrogen and oxygen atoms in total. The van der Waals surface area contributed by atoms with Crippen molar-refractivity contribution in [3.05, 3.63) is 29.8 Å². The fraction of sp³-hybridized carbons (Fsp3) is 0.333. The normalized spacial score (nSPS) is 18.9. The molecule has 0 spiro atoms. The van der Waals surface area contributed by atoms with Crippen LogP contribution in [0.5, 0.6) is 5.75 Å². The number of thioether (sulfide) groups is 1. The van der Waals surface area contributed by atoms with Gasteiger partial charge in [-0.3, -0.25) is 4.79 Å². The molecule has 0 fully saturated rings. The van der Waals surface area contributed by atoms with Crippen LogP contribution in [0.4, 0.5) is 0 Å². The van der Waals surface area contributed by atoms with Crippen LogP contribution in [0.2, 0.25) is 0 Å². The maximum atomic E-state index is 11.2. The summed E-state index contributed by atoms with van der Waals surface area (Å²) in [6.07, 6.45) is 6.50. The zero-order chi connectivity index (χ0) is 14.5. The highest BCUT2D eigenvalue weighted by atomic mass is 32.2. The molecule has 0 saturated carbocycles. The van der Waals surface area contributed by atoms with Crippen LogP contribution in [0.3, 0.4) is 0 Å². The minimum absolute atomic E-state index is 0.0270. The molecular formula is C15H18N2O2S. The van der Waals surface area contributed by atoms with Crippen LogP contribution in [-0.2, 0) is 4.79 Å². The van der Waals surface area contributed by atoms with E-state index in [1.807, 2.05) is 43.5 Å². The lowest BCUT2D eigenvalue weighted by atomic mass is 9.99. The summed E-state index contributed by atoms with van der Waals surface area (Å²) in [5.74, 6) is 0.943. The molecule has 1 atom stereocenters. The van der Waals surface area contributed by atoms with Gasteiger partial charge in [-0.15, -0.1) is 11.8 Å². The molecule has 0 saturated heterocycles. The number of allylic oxidation sites excluding steroid dienone is 1. The fourth-order valence-electron chi connectivity index (χ4n) is 2.01. The predicted octanol–water partition coefficient (Wildman–Crippen LogP) is 2.94. The molecule has 2 rings (SSSR count). The standard InChI is InChI=1S/C15H18N2O2S/c1-10-8-15(18)17-16-13(10)6-4-11-9-12(19-2)5-7-14(11)20-3/h4-7,9-10H,8H2,1-3H3,(H,17,18). The maximum absolute atomic E-state index is 11.2. The van der Waals surface area contributed by atoms with E-state index < -0.39 is 0 Å². The molecule has 0 bridgehead atoms. The average molecular weight is 290 g/mol. The van der Waals surface area contributed by atoms with Crippen LogP contribution in [0, 0.1) is 5.92 Å². The molecule has 1 aliphatic heterocycles. The molecule has 0 radical (unpaired) electrons. The zero-order valence-corrected chi connectivity index (χ0v) is 12.7. The van der Waals surface area contributed by atoms with Crippen molar-refractivity contribution >= 4 is 29.5 Å². The first-order valence-electron chi connectivity index (χ1n) is 6.40. The van der Waals surface area contributed by atoms with Crippen LogP contribution >= 0.6 is 11.8 Å². The van der Waals surface area contributed by atoms with Gasteiger partial charge in [0.1, 0.15) is 5.75 Å². The molecule has 1 aliphatic rings. The second-order valence-electron chi connectivity index (χ2n) is 4.62. The van der Waals surface area contributed by atoms with Crippen LogP contribution in [0.15, 0.2) is 34.3 Å². The summed E-state index contributed by atoms with van der Waals surface area (Å²) in [5.41, 5.74) is 4.49. The second-order valence-corrected chi connectivity index (χ2v) is 5.47. The molecule has 20 heavy (non-hydrogen) atoms. The first-order valence-corrected chi connectivity index (χ1v) is 7.63. The Morgan fingerprint density at radius 2 is 2.25 bits per heavy atom. The molecule has 1 heterocycles. The Morgan fingerprint density at radius 3 is 2.90 bits per heavy atom. The highest BCUT2D eigenvalue weighted by molar-refractivity contribution is 7.98. The zero-order valence-electron chi connectivity index (χ0n) is 11.8. The van der Waals surface area contributed by atoms with Gasteiger partial charge in [-0.25, -0.2) is 5.43 Å². The molecule has 0 aromatic heterocycles. The van der Waals surface area contributed by atoms with Crippen LogP contribution < -0.4 is 10.2 Å². The Labute approximate surface area is 123 Å². The topological polar surface area (TPSA) is 50.7 Å². The summed E-state index contributed by atoms with van der Waals surface area (Å²) in [6.45, 7) is 2.00. The SMILES string of the molecule is COc1ccc(SC)c(C=CC2=NNC(=O)CC2C)c1. The van der Waals surface area contributed by atoms with Gasteiger partial charge >= 0.3 is 0 Å². The summed E-state index contributed by atoms with van der Waals surface area (Å²) in [6, 6.07) is 5.98. The number of hydrazone groups is 1. The number of rotatable bonds is 4. The van der Waals surface area contributed by atoms with E-state index >= 15 is 0 Å². The van der Waals surface area contributed by atoms with Gasteiger partial charge in [0.2, 0.25) is 5.91 Å². The van der Waals surface area contributed by atoms with Crippen molar-refractivity contribution in [3.8, 4) is 5.75 Å². The number of hydrogen-bond acceptors (Lipinski definition) is 4. The number of hydrogen-bond donors (Lipinski definition) is 1. The lowest BCUT2D eigenvalue weighted by molar-refractivity contribution is -0.121. The highest BCUT2D eigenvalue weighted by Crippen LogP contribution is 2.26. The lowest BCUT2D eigenvalue weighted by Crippen LogP contribution is -2.30. The summed E-state index contributed by atoms with van der Waals surface area (Å²) in [5, 5.41) is 4.10. The summed E-state index contributed by atoms with van der Waals surface area (Å²) in [4.78, 5) is 12.4. The maximum Gasteiger partial charge on any atom is 0.240 e. The molecule has 1 aromatic rings. The number of carbonyl (C=O) groups is 1.